The highest BCUT2D eigenvalue weighted by Gasteiger charge is 2.29. The molecule has 0 atom stereocenters. The van der Waals surface area contributed by atoms with Gasteiger partial charge < -0.3 is 25.0 Å². The average molecular weight is 291 g/mol. The van der Waals surface area contributed by atoms with Gasteiger partial charge in [0.15, 0.2) is 17.6 Å². The lowest BCUT2D eigenvalue weighted by atomic mass is 10.2. The molecule has 1 heterocycles. The van der Waals surface area contributed by atoms with Crippen LogP contribution in [0.5, 0.6) is 17.4 Å². The lowest BCUT2D eigenvalue weighted by molar-refractivity contribution is -0.636. The number of nitriles is 1. The van der Waals surface area contributed by atoms with E-state index in [2.05, 4.69) is 0 Å². The maximum Gasteiger partial charge on any atom is 0.465 e. The van der Waals surface area contributed by atoms with Crippen molar-refractivity contribution in [1.29, 1.82) is 5.26 Å². The van der Waals surface area contributed by atoms with E-state index >= 15 is 0 Å². The molecule has 8 nitrogen and oxygen atoms in total. The van der Waals surface area contributed by atoms with E-state index in [9.17, 15) is 15.5 Å². The van der Waals surface area contributed by atoms with Crippen molar-refractivity contribution in [2.45, 2.75) is 13.8 Å². The Morgan fingerprint density at radius 1 is 1.10 bits per heavy atom. The van der Waals surface area contributed by atoms with Gasteiger partial charge in [-0.2, -0.15) is 5.26 Å². The van der Waals surface area contributed by atoms with E-state index in [1.807, 2.05) is 0 Å². The average Bonchev–Trinajstić information content (AvgIpc) is 2.47. The molecule has 0 radical (unpaired) electrons. The van der Waals surface area contributed by atoms with Crippen molar-refractivity contribution in [3.05, 3.63) is 28.2 Å². The van der Waals surface area contributed by atoms with Gasteiger partial charge in [0.1, 0.15) is 0 Å². The molecule has 0 spiro atoms. The molecule has 0 aliphatic carbocycles. The summed E-state index contributed by atoms with van der Waals surface area (Å²) >= 11 is 0. The van der Waals surface area contributed by atoms with Gasteiger partial charge in [0.25, 0.3) is 11.0 Å². The quantitative estimate of drug-likeness (QED) is 0.647. The summed E-state index contributed by atoms with van der Waals surface area (Å²) in [7, 11) is 0. The first-order chi connectivity index (χ1) is 10.0. The molecule has 0 unspecified atom stereocenters. The molecule has 1 N–H and O–H groups in total. The van der Waals surface area contributed by atoms with Gasteiger partial charge in [0.05, 0.1) is 25.3 Å². The number of nitrogens with zero attached hydrogens (tertiary/aromatic N) is 3. The number of ether oxygens (including phenoxy) is 2. The molecule has 2 rings (SSSR count). The van der Waals surface area contributed by atoms with E-state index in [-0.39, 0.29) is 32.0 Å². The molecule has 110 valence electrons. The number of hydrogen-bond acceptors (Lipinski definition) is 6. The van der Waals surface area contributed by atoms with Crippen molar-refractivity contribution in [3.8, 4) is 23.4 Å². The van der Waals surface area contributed by atoms with E-state index < -0.39 is 11.6 Å². The predicted octanol–water partition coefficient (Wildman–Crippen LogP) is 0.481. The molecule has 2 aromatic rings. The van der Waals surface area contributed by atoms with Crippen molar-refractivity contribution in [1.82, 2.24) is 0 Å². The Bertz CT molecular complexity index is 739. The van der Waals surface area contributed by atoms with Crippen LogP contribution in [0.4, 0.5) is 0 Å². The van der Waals surface area contributed by atoms with Gasteiger partial charge in [0, 0.05) is 0 Å². The summed E-state index contributed by atoms with van der Waals surface area (Å²) in [5.74, 6) is -0.391. The molecule has 1 aromatic carbocycles. The zero-order valence-electron chi connectivity index (χ0n) is 11.5. The molecule has 1 aromatic heterocycles. The summed E-state index contributed by atoms with van der Waals surface area (Å²) in [6.07, 6.45) is 0. The number of aromatic hydroxyl groups is 1. The van der Waals surface area contributed by atoms with Crippen molar-refractivity contribution in [2.24, 2.45) is 0 Å². The standard InChI is InChI=1S/C13H13N3O5/c1-3-20-11-5-8-9(6-12(11)21-4-2)16(19)13(17)10(7-14)15(8)18/h5-6,17H,3-4H2,1-2H3. The topological polar surface area (TPSA) is 116 Å². The van der Waals surface area contributed by atoms with Crippen LogP contribution in [0.3, 0.4) is 0 Å². The number of hydrogen-bond donors (Lipinski definition) is 1. The van der Waals surface area contributed by atoms with Crippen LogP contribution in [0, 0.1) is 21.7 Å². The fourth-order valence-electron chi connectivity index (χ4n) is 1.92. The first-order valence-corrected chi connectivity index (χ1v) is 6.26. The predicted molar refractivity (Wildman–Crippen MR) is 70.6 cm³/mol. The van der Waals surface area contributed by atoms with Crippen LogP contribution in [0.15, 0.2) is 12.1 Å². The Balaban J connectivity index is 2.84. The second kappa shape index (κ2) is 5.58. The molecule has 0 aliphatic rings. The van der Waals surface area contributed by atoms with Gasteiger partial charge in [-0.05, 0) is 13.8 Å². The Kier molecular flexibility index (Phi) is 3.84. The minimum atomic E-state index is -0.952. The number of aromatic nitrogens is 2. The van der Waals surface area contributed by atoms with Crippen LogP contribution in [0.1, 0.15) is 19.5 Å². The number of benzene rings is 1. The molecular formula is C13H13N3O5. The Labute approximate surface area is 120 Å². The monoisotopic (exact) mass is 291 g/mol. The second-order valence-electron chi connectivity index (χ2n) is 4.03. The van der Waals surface area contributed by atoms with Crippen molar-refractivity contribution >= 4 is 11.0 Å². The Morgan fingerprint density at radius 3 is 2.00 bits per heavy atom. The van der Waals surface area contributed by atoms with E-state index in [1.54, 1.807) is 13.8 Å². The van der Waals surface area contributed by atoms with Gasteiger partial charge in [-0.3, -0.25) is 0 Å². The van der Waals surface area contributed by atoms with Gasteiger partial charge in [0.2, 0.25) is 0 Å². The molecular weight excluding hydrogens is 278 g/mol. The zero-order valence-corrected chi connectivity index (χ0v) is 11.5. The summed E-state index contributed by atoms with van der Waals surface area (Å²) in [4.78, 5) is 0. The summed E-state index contributed by atoms with van der Waals surface area (Å²) in [6, 6.07) is 4.10. The molecule has 21 heavy (non-hydrogen) atoms. The van der Waals surface area contributed by atoms with E-state index in [4.69, 9.17) is 14.7 Å². The van der Waals surface area contributed by atoms with Crippen LogP contribution in [-0.4, -0.2) is 18.3 Å². The fourth-order valence-corrected chi connectivity index (χ4v) is 1.92. The van der Waals surface area contributed by atoms with Gasteiger partial charge in [-0.1, -0.05) is 0 Å². The molecule has 0 saturated heterocycles. The Hall–Kier alpha value is -2.95. The highest BCUT2D eigenvalue weighted by atomic mass is 16.5. The first kappa shape index (κ1) is 14.5. The molecule has 0 saturated carbocycles. The highest BCUT2D eigenvalue weighted by molar-refractivity contribution is 5.74. The van der Waals surface area contributed by atoms with Crippen LogP contribution in [-0.2, 0) is 0 Å². The minimum Gasteiger partial charge on any atom is -0.617 e. The largest absolute Gasteiger partial charge is 0.617 e. The van der Waals surface area contributed by atoms with Crippen LogP contribution in [0.2, 0.25) is 0 Å². The summed E-state index contributed by atoms with van der Waals surface area (Å²) < 4.78 is 11.0. The van der Waals surface area contributed by atoms with E-state index in [1.165, 1.54) is 18.2 Å². The van der Waals surface area contributed by atoms with Crippen molar-refractivity contribution < 1.29 is 24.0 Å². The summed E-state index contributed by atoms with van der Waals surface area (Å²) in [5.41, 5.74) is -0.885. The molecule has 0 amide bonds. The highest BCUT2D eigenvalue weighted by Crippen LogP contribution is 2.31. The third-order valence-corrected chi connectivity index (χ3v) is 2.79. The van der Waals surface area contributed by atoms with Crippen molar-refractivity contribution in [2.75, 3.05) is 13.2 Å². The maximum absolute atomic E-state index is 12.0. The van der Waals surface area contributed by atoms with Crippen molar-refractivity contribution in [3.63, 3.8) is 0 Å². The maximum atomic E-state index is 12.0. The van der Waals surface area contributed by atoms with E-state index in [0.29, 0.717) is 13.2 Å². The molecule has 8 heteroatoms. The Morgan fingerprint density at radius 2 is 1.57 bits per heavy atom. The molecule has 0 aliphatic heterocycles. The molecule has 0 bridgehead atoms. The second-order valence-corrected chi connectivity index (χ2v) is 4.03. The SMILES string of the molecule is CCOc1cc2c(cc1OCC)[n+]([O-])c(C#N)c(O)[n+]2[O-]. The van der Waals surface area contributed by atoms with Gasteiger partial charge in [-0.25, -0.2) is 0 Å². The lowest BCUT2D eigenvalue weighted by Gasteiger charge is -2.12. The zero-order chi connectivity index (χ0) is 15.6. The van der Waals surface area contributed by atoms with Crippen LogP contribution < -0.4 is 18.9 Å². The third-order valence-electron chi connectivity index (χ3n) is 2.79. The lowest BCUT2D eigenvalue weighted by Crippen LogP contribution is -2.41. The summed E-state index contributed by atoms with van der Waals surface area (Å²) in [6.45, 7) is 4.20. The van der Waals surface area contributed by atoms with E-state index in [0.717, 1.165) is 0 Å². The first-order valence-electron chi connectivity index (χ1n) is 6.26. The van der Waals surface area contributed by atoms with Gasteiger partial charge >= 0.3 is 11.6 Å². The number of fused-ring (bicyclic) bond motifs is 1. The fraction of sp³-hybridized carbons (Fsp3) is 0.308. The third kappa shape index (κ3) is 2.29. The van der Waals surface area contributed by atoms with Crippen LogP contribution >= 0.6 is 0 Å². The smallest absolute Gasteiger partial charge is 0.465 e. The number of rotatable bonds is 4. The molecule has 0 fully saturated rings. The van der Waals surface area contributed by atoms with Gasteiger partial charge in [-0.15, -0.1) is 9.46 Å². The van der Waals surface area contributed by atoms with Crippen LogP contribution in [0.25, 0.3) is 11.0 Å². The summed E-state index contributed by atoms with van der Waals surface area (Å²) in [5, 5.41) is 42.5. The minimum absolute atomic E-state index is 0.0914. The normalized spacial score (nSPS) is 10.3.